The first-order valence-corrected chi connectivity index (χ1v) is 6.22. The van der Waals surface area contributed by atoms with Crippen LogP contribution in [0.3, 0.4) is 0 Å². The molecule has 1 aromatic rings. The van der Waals surface area contributed by atoms with E-state index < -0.39 is 11.5 Å². The van der Waals surface area contributed by atoms with Crippen molar-refractivity contribution in [3.63, 3.8) is 0 Å². The first-order valence-electron chi connectivity index (χ1n) is 6.22. The highest BCUT2D eigenvalue weighted by Gasteiger charge is 2.31. The Morgan fingerprint density at radius 3 is 2.61 bits per heavy atom. The smallest absolute Gasteiger partial charge is 0.305 e. The van der Waals surface area contributed by atoms with Crippen molar-refractivity contribution in [3.05, 3.63) is 29.8 Å². The van der Waals surface area contributed by atoms with E-state index in [-0.39, 0.29) is 6.42 Å². The highest BCUT2D eigenvalue weighted by atomic mass is 16.5. The fourth-order valence-corrected chi connectivity index (χ4v) is 2.15. The second kappa shape index (κ2) is 6.40. The number of ether oxygens (including phenoxy) is 1. The van der Waals surface area contributed by atoms with E-state index in [4.69, 9.17) is 9.84 Å². The zero-order valence-electron chi connectivity index (χ0n) is 11.2. The van der Waals surface area contributed by atoms with E-state index >= 15 is 0 Å². The number of hydrogen-bond donors (Lipinski definition) is 2. The van der Waals surface area contributed by atoms with Crippen LogP contribution >= 0.6 is 0 Å². The Labute approximate surface area is 108 Å². The summed E-state index contributed by atoms with van der Waals surface area (Å²) < 4.78 is 5.58. The Kier molecular flexibility index (Phi) is 5.16. The molecular formula is C14H21NO3. The summed E-state index contributed by atoms with van der Waals surface area (Å²) in [6, 6.07) is 7.57. The lowest BCUT2D eigenvalue weighted by Crippen LogP contribution is -2.41. The highest BCUT2D eigenvalue weighted by molar-refractivity contribution is 5.69. The van der Waals surface area contributed by atoms with Crippen LogP contribution in [0.4, 0.5) is 0 Å². The summed E-state index contributed by atoms with van der Waals surface area (Å²) in [5, 5.41) is 12.3. The van der Waals surface area contributed by atoms with Crippen molar-refractivity contribution in [2.75, 3.05) is 13.2 Å². The molecule has 0 amide bonds. The minimum absolute atomic E-state index is 0.0188. The number of rotatable bonds is 7. The number of carboxylic acid groups (broad SMARTS) is 1. The maximum Gasteiger partial charge on any atom is 0.305 e. The molecule has 4 heteroatoms. The second-order valence-electron chi connectivity index (χ2n) is 4.36. The van der Waals surface area contributed by atoms with Gasteiger partial charge < -0.3 is 15.2 Å². The Hall–Kier alpha value is -1.55. The van der Waals surface area contributed by atoms with Gasteiger partial charge in [0.15, 0.2) is 0 Å². The van der Waals surface area contributed by atoms with Crippen molar-refractivity contribution in [1.82, 2.24) is 5.32 Å². The molecule has 100 valence electrons. The number of para-hydroxylation sites is 1. The van der Waals surface area contributed by atoms with E-state index in [9.17, 15) is 4.79 Å². The van der Waals surface area contributed by atoms with E-state index in [2.05, 4.69) is 5.32 Å². The lowest BCUT2D eigenvalue weighted by molar-refractivity contribution is -0.138. The molecule has 0 saturated heterocycles. The van der Waals surface area contributed by atoms with Crippen LogP contribution in [0.15, 0.2) is 24.3 Å². The van der Waals surface area contributed by atoms with Gasteiger partial charge in [-0.3, -0.25) is 4.79 Å². The molecule has 18 heavy (non-hydrogen) atoms. The van der Waals surface area contributed by atoms with Gasteiger partial charge in [-0.05, 0) is 26.5 Å². The number of benzene rings is 1. The maximum absolute atomic E-state index is 11.1. The van der Waals surface area contributed by atoms with Gasteiger partial charge in [0, 0.05) is 5.56 Å². The average Bonchev–Trinajstić information content (AvgIpc) is 2.29. The van der Waals surface area contributed by atoms with Gasteiger partial charge in [0.2, 0.25) is 0 Å². The topological polar surface area (TPSA) is 58.6 Å². The van der Waals surface area contributed by atoms with Gasteiger partial charge in [-0.25, -0.2) is 0 Å². The predicted octanol–water partition coefficient (Wildman–Crippen LogP) is 2.38. The van der Waals surface area contributed by atoms with Crippen molar-refractivity contribution in [2.24, 2.45) is 0 Å². The number of carbonyl (C=O) groups is 1. The van der Waals surface area contributed by atoms with Crippen LogP contribution in [0.2, 0.25) is 0 Å². The molecule has 0 heterocycles. The van der Waals surface area contributed by atoms with E-state index in [1.165, 1.54) is 0 Å². The summed E-state index contributed by atoms with van der Waals surface area (Å²) in [4.78, 5) is 11.1. The molecule has 0 aliphatic heterocycles. The molecule has 1 atom stereocenters. The van der Waals surface area contributed by atoms with Crippen LogP contribution in [0.25, 0.3) is 0 Å². The fraction of sp³-hybridized carbons (Fsp3) is 0.500. The monoisotopic (exact) mass is 251 g/mol. The largest absolute Gasteiger partial charge is 0.494 e. The first kappa shape index (κ1) is 14.5. The van der Waals surface area contributed by atoms with Gasteiger partial charge >= 0.3 is 5.97 Å². The Morgan fingerprint density at radius 2 is 2.06 bits per heavy atom. The molecule has 0 spiro atoms. The quantitative estimate of drug-likeness (QED) is 0.781. The Bertz CT molecular complexity index is 406. The van der Waals surface area contributed by atoms with Crippen molar-refractivity contribution in [2.45, 2.75) is 32.7 Å². The summed E-state index contributed by atoms with van der Waals surface area (Å²) in [5.41, 5.74) is 0.267. The van der Waals surface area contributed by atoms with E-state index in [1.807, 2.05) is 45.0 Å². The number of hydrogen-bond acceptors (Lipinski definition) is 3. The van der Waals surface area contributed by atoms with E-state index in [1.54, 1.807) is 0 Å². The summed E-state index contributed by atoms with van der Waals surface area (Å²) >= 11 is 0. The third-order valence-corrected chi connectivity index (χ3v) is 2.85. The molecular weight excluding hydrogens is 230 g/mol. The molecule has 0 aromatic heterocycles. The molecule has 0 radical (unpaired) electrons. The third kappa shape index (κ3) is 3.47. The number of aliphatic carboxylic acids is 1. The molecule has 0 bridgehead atoms. The summed E-state index contributed by atoms with van der Waals surface area (Å²) in [6.07, 6.45) is 0.0188. The lowest BCUT2D eigenvalue weighted by Gasteiger charge is -2.31. The van der Waals surface area contributed by atoms with Crippen molar-refractivity contribution < 1.29 is 14.6 Å². The molecule has 0 saturated carbocycles. The van der Waals surface area contributed by atoms with Gasteiger partial charge in [-0.15, -0.1) is 0 Å². The molecule has 0 aliphatic carbocycles. The Balaban J connectivity index is 3.15. The highest BCUT2D eigenvalue weighted by Crippen LogP contribution is 2.32. The van der Waals surface area contributed by atoms with Crippen LogP contribution in [-0.2, 0) is 10.3 Å². The van der Waals surface area contributed by atoms with Crippen molar-refractivity contribution >= 4 is 5.97 Å². The second-order valence-corrected chi connectivity index (χ2v) is 4.36. The van der Waals surface area contributed by atoms with Gasteiger partial charge in [0.05, 0.1) is 18.6 Å². The van der Waals surface area contributed by atoms with Crippen LogP contribution < -0.4 is 10.1 Å². The standard InChI is InChI=1S/C14H21NO3/c1-4-15-14(3,10-13(16)17)11-8-6-7-9-12(11)18-5-2/h6-9,15H,4-5,10H2,1-3H3,(H,16,17). The van der Waals surface area contributed by atoms with Gasteiger partial charge in [-0.2, -0.15) is 0 Å². The van der Waals surface area contributed by atoms with Gasteiger partial charge in [0.25, 0.3) is 0 Å². The predicted molar refractivity (Wildman–Crippen MR) is 70.9 cm³/mol. The van der Waals surface area contributed by atoms with Crippen LogP contribution in [0.5, 0.6) is 5.75 Å². The fourth-order valence-electron chi connectivity index (χ4n) is 2.15. The number of carboxylic acids is 1. The minimum Gasteiger partial charge on any atom is -0.494 e. The molecule has 1 unspecified atom stereocenters. The summed E-state index contributed by atoms with van der Waals surface area (Å²) in [6.45, 7) is 7.03. The van der Waals surface area contributed by atoms with Crippen molar-refractivity contribution in [3.8, 4) is 5.75 Å². The van der Waals surface area contributed by atoms with E-state index in [0.717, 1.165) is 11.3 Å². The zero-order valence-corrected chi connectivity index (χ0v) is 11.2. The third-order valence-electron chi connectivity index (χ3n) is 2.85. The van der Waals surface area contributed by atoms with Crippen molar-refractivity contribution in [1.29, 1.82) is 0 Å². The minimum atomic E-state index is -0.829. The van der Waals surface area contributed by atoms with Crippen LogP contribution in [-0.4, -0.2) is 24.2 Å². The molecule has 0 fully saturated rings. The summed E-state index contributed by atoms with van der Waals surface area (Å²) in [7, 11) is 0. The van der Waals surface area contributed by atoms with Crippen LogP contribution in [0.1, 0.15) is 32.8 Å². The van der Waals surface area contributed by atoms with Crippen LogP contribution in [0, 0.1) is 0 Å². The number of nitrogens with one attached hydrogen (secondary N) is 1. The normalized spacial score (nSPS) is 13.9. The summed E-state index contributed by atoms with van der Waals surface area (Å²) in [5.74, 6) is -0.0885. The maximum atomic E-state index is 11.1. The average molecular weight is 251 g/mol. The van der Waals surface area contributed by atoms with Gasteiger partial charge in [0.1, 0.15) is 5.75 Å². The lowest BCUT2D eigenvalue weighted by atomic mass is 9.87. The SMILES string of the molecule is CCNC(C)(CC(=O)O)c1ccccc1OCC. The Morgan fingerprint density at radius 1 is 1.39 bits per heavy atom. The molecule has 0 aliphatic rings. The molecule has 4 nitrogen and oxygen atoms in total. The van der Waals surface area contributed by atoms with Gasteiger partial charge in [-0.1, -0.05) is 25.1 Å². The first-order chi connectivity index (χ1) is 8.53. The molecule has 1 rings (SSSR count). The molecule has 2 N–H and O–H groups in total. The van der Waals surface area contributed by atoms with E-state index in [0.29, 0.717) is 13.2 Å². The molecule has 1 aromatic carbocycles. The zero-order chi connectivity index (χ0) is 13.6.